The van der Waals surface area contributed by atoms with E-state index in [9.17, 15) is 9.59 Å². The van der Waals surface area contributed by atoms with E-state index in [1.165, 1.54) is 11.3 Å². The van der Waals surface area contributed by atoms with Crippen LogP contribution in [0, 0.1) is 0 Å². The number of carboxylic acid groups (broad SMARTS) is 1. The number of hydrogen-bond donors (Lipinski definition) is 2. The third-order valence-electron chi connectivity index (χ3n) is 3.00. The van der Waals surface area contributed by atoms with Gasteiger partial charge in [0.15, 0.2) is 5.13 Å². The third-order valence-corrected chi connectivity index (χ3v) is 3.81. The maximum atomic E-state index is 12.1. The number of aromatic nitrogens is 2. The maximum absolute atomic E-state index is 12.1. The summed E-state index contributed by atoms with van der Waals surface area (Å²) in [4.78, 5) is 26.9. The standard InChI is InChI=1S/C14H17N3O3S/c1-2-17-8-4-6-11(17)13(20)16-14-15-10(9-21-14)5-3-7-12(18)19/h4,6,8-9H,2-3,5,7H2,1H3,(H,18,19)(H,15,16,20). The Morgan fingerprint density at radius 3 is 3.00 bits per heavy atom. The molecule has 0 bridgehead atoms. The molecule has 0 atom stereocenters. The van der Waals surface area contributed by atoms with E-state index in [2.05, 4.69) is 10.3 Å². The van der Waals surface area contributed by atoms with Gasteiger partial charge in [0.05, 0.1) is 5.69 Å². The Labute approximate surface area is 126 Å². The monoisotopic (exact) mass is 307 g/mol. The van der Waals surface area contributed by atoms with Crippen LogP contribution < -0.4 is 5.32 Å². The average Bonchev–Trinajstić information content (AvgIpc) is 3.07. The molecule has 2 heterocycles. The van der Waals surface area contributed by atoms with Crippen molar-refractivity contribution in [2.75, 3.05) is 5.32 Å². The van der Waals surface area contributed by atoms with Gasteiger partial charge in [0.2, 0.25) is 0 Å². The first-order valence-electron chi connectivity index (χ1n) is 6.73. The highest BCUT2D eigenvalue weighted by molar-refractivity contribution is 7.13. The zero-order chi connectivity index (χ0) is 15.2. The number of hydrogen-bond acceptors (Lipinski definition) is 4. The van der Waals surface area contributed by atoms with Gasteiger partial charge in [-0.25, -0.2) is 4.98 Å². The number of carbonyl (C=O) groups is 2. The predicted octanol–water partition coefficient (Wildman–Crippen LogP) is 2.62. The first-order chi connectivity index (χ1) is 10.1. The lowest BCUT2D eigenvalue weighted by molar-refractivity contribution is -0.137. The van der Waals surface area contributed by atoms with Gasteiger partial charge in [-0.15, -0.1) is 11.3 Å². The lowest BCUT2D eigenvalue weighted by atomic mass is 10.2. The van der Waals surface area contributed by atoms with Crippen molar-refractivity contribution in [2.45, 2.75) is 32.7 Å². The molecule has 0 aliphatic heterocycles. The molecule has 2 N–H and O–H groups in total. The van der Waals surface area contributed by atoms with Gasteiger partial charge >= 0.3 is 5.97 Å². The number of nitrogens with one attached hydrogen (secondary N) is 1. The fourth-order valence-electron chi connectivity index (χ4n) is 1.96. The van der Waals surface area contributed by atoms with Gasteiger partial charge in [-0.3, -0.25) is 14.9 Å². The molecule has 2 aromatic rings. The van der Waals surface area contributed by atoms with Gasteiger partial charge in [-0.1, -0.05) is 0 Å². The van der Waals surface area contributed by atoms with Crippen molar-refractivity contribution in [2.24, 2.45) is 0 Å². The van der Waals surface area contributed by atoms with Gasteiger partial charge in [0.25, 0.3) is 5.91 Å². The Bertz CT molecular complexity index is 633. The van der Waals surface area contributed by atoms with E-state index in [1.807, 2.05) is 29.1 Å². The molecule has 0 radical (unpaired) electrons. The highest BCUT2D eigenvalue weighted by atomic mass is 32.1. The summed E-state index contributed by atoms with van der Waals surface area (Å²) in [5, 5.41) is 13.7. The number of amides is 1. The molecule has 0 fully saturated rings. The molecular weight excluding hydrogens is 290 g/mol. The molecule has 0 unspecified atom stereocenters. The van der Waals surface area contributed by atoms with Gasteiger partial charge in [0, 0.05) is 24.5 Å². The second-order valence-electron chi connectivity index (χ2n) is 4.52. The summed E-state index contributed by atoms with van der Waals surface area (Å²) >= 11 is 1.35. The number of nitrogens with zero attached hydrogens (tertiary/aromatic N) is 2. The molecule has 21 heavy (non-hydrogen) atoms. The minimum absolute atomic E-state index is 0.128. The molecular formula is C14H17N3O3S. The fraction of sp³-hybridized carbons (Fsp3) is 0.357. The number of aliphatic carboxylic acids is 1. The topological polar surface area (TPSA) is 84.2 Å². The van der Waals surface area contributed by atoms with Crippen LogP contribution in [0.1, 0.15) is 35.9 Å². The normalized spacial score (nSPS) is 10.5. The van der Waals surface area contributed by atoms with E-state index >= 15 is 0 Å². The van der Waals surface area contributed by atoms with Crippen molar-refractivity contribution in [3.8, 4) is 0 Å². The van der Waals surface area contributed by atoms with E-state index < -0.39 is 5.97 Å². The first kappa shape index (κ1) is 15.2. The Balaban J connectivity index is 1.93. The zero-order valence-electron chi connectivity index (χ0n) is 11.7. The minimum atomic E-state index is -0.806. The maximum Gasteiger partial charge on any atom is 0.303 e. The van der Waals surface area contributed by atoms with E-state index in [0.717, 1.165) is 12.2 Å². The Morgan fingerprint density at radius 1 is 1.48 bits per heavy atom. The van der Waals surface area contributed by atoms with Crippen LogP contribution in [0.25, 0.3) is 0 Å². The Morgan fingerprint density at radius 2 is 2.29 bits per heavy atom. The summed E-state index contributed by atoms with van der Waals surface area (Å²) in [5.41, 5.74) is 1.41. The van der Waals surface area contributed by atoms with Crippen molar-refractivity contribution in [1.29, 1.82) is 0 Å². The van der Waals surface area contributed by atoms with Gasteiger partial charge in [-0.2, -0.15) is 0 Å². The number of carboxylic acids is 1. The molecule has 2 aromatic heterocycles. The van der Waals surface area contributed by atoms with Gasteiger partial charge < -0.3 is 9.67 Å². The average molecular weight is 307 g/mol. The van der Waals surface area contributed by atoms with Crippen LogP contribution in [-0.4, -0.2) is 26.5 Å². The smallest absolute Gasteiger partial charge is 0.303 e. The summed E-state index contributed by atoms with van der Waals surface area (Å²) in [6.07, 6.45) is 3.13. The van der Waals surface area contributed by atoms with Crippen LogP contribution in [-0.2, 0) is 17.8 Å². The minimum Gasteiger partial charge on any atom is -0.481 e. The number of carbonyl (C=O) groups excluding carboxylic acids is 1. The number of aryl methyl sites for hydroxylation is 2. The molecule has 0 spiro atoms. The largest absolute Gasteiger partial charge is 0.481 e. The summed E-state index contributed by atoms with van der Waals surface area (Å²) in [7, 11) is 0. The number of thiazole rings is 1. The molecule has 7 heteroatoms. The molecule has 0 saturated carbocycles. The quantitative estimate of drug-likeness (QED) is 0.823. The zero-order valence-corrected chi connectivity index (χ0v) is 12.5. The molecule has 0 aromatic carbocycles. The summed E-state index contributed by atoms with van der Waals surface area (Å²) in [6.45, 7) is 2.70. The highest BCUT2D eigenvalue weighted by Gasteiger charge is 2.12. The van der Waals surface area contributed by atoms with E-state index in [4.69, 9.17) is 5.11 Å². The fourth-order valence-corrected chi connectivity index (χ4v) is 2.70. The molecule has 112 valence electrons. The van der Waals surface area contributed by atoms with Crippen molar-refractivity contribution in [1.82, 2.24) is 9.55 Å². The van der Waals surface area contributed by atoms with Crippen LogP contribution in [0.5, 0.6) is 0 Å². The van der Waals surface area contributed by atoms with E-state index in [-0.39, 0.29) is 12.3 Å². The SMILES string of the molecule is CCn1cccc1C(=O)Nc1nc(CCCC(=O)O)cs1. The van der Waals surface area contributed by atoms with Gasteiger partial charge in [0.1, 0.15) is 5.69 Å². The summed E-state index contributed by atoms with van der Waals surface area (Å²) in [5.74, 6) is -0.993. The van der Waals surface area contributed by atoms with Crippen molar-refractivity contribution < 1.29 is 14.7 Å². The lowest BCUT2D eigenvalue weighted by Gasteiger charge is -2.05. The Hall–Kier alpha value is -2.15. The molecule has 0 aliphatic carbocycles. The molecule has 0 aliphatic rings. The number of anilines is 1. The second-order valence-corrected chi connectivity index (χ2v) is 5.38. The second kappa shape index (κ2) is 7.03. The van der Waals surface area contributed by atoms with Crippen molar-refractivity contribution >= 4 is 28.3 Å². The summed E-state index contributed by atoms with van der Waals surface area (Å²) in [6, 6.07) is 3.60. The molecule has 1 amide bonds. The lowest BCUT2D eigenvalue weighted by Crippen LogP contribution is -2.16. The van der Waals surface area contributed by atoms with Crippen LogP contribution >= 0.6 is 11.3 Å². The molecule has 2 rings (SSSR count). The van der Waals surface area contributed by atoms with Crippen molar-refractivity contribution in [3.63, 3.8) is 0 Å². The van der Waals surface area contributed by atoms with Gasteiger partial charge in [-0.05, 0) is 31.9 Å². The van der Waals surface area contributed by atoms with Crippen LogP contribution in [0.15, 0.2) is 23.7 Å². The number of rotatable bonds is 7. The summed E-state index contributed by atoms with van der Waals surface area (Å²) < 4.78 is 1.86. The van der Waals surface area contributed by atoms with Crippen molar-refractivity contribution in [3.05, 3.63) is 35.1 Å². The van der Waals surface area contributed by atoms with E-state index in [1.54, 1.807) is 6.07 Å². The third kappa shape index (κ3) is 4.16. The van der Waals surface area contributed by atoms with Crippen LogP contribution in [0.3, 0.4) is 0 Å². The van der Waals surface area contributed by atoms with Crippen LogP contribution in [0.2, 0.25) is 0 Å². The first-order valence-corrected chi connectivity index (χ1v) is 7.60. The predicted molar refractivity (Wildman–Crippen MR) is 80.7 cm³/mol. The Kier molecular flexibility index (Phi) is 5.10. The highest BCUT2D eigenvalue weighted by Crippen LogP contribution is 2.18. The van der Waals surface area contributed by atoms with Crippen LogP contribution in [0.4, 0.5) is 5.13 Å². The molecule has 0 saturated heterocycles. The molecule has 6 nitrogen and oxygen atoms in total. The van der Waals surface area contributed by atoms with E-state index in [0.29, 0.717) is 23.7 Å².